The van der Waals surface area contributed by atoms with Gasteiger partial charge in [0.05, 0.1) is 25.2 Å². The molecule has 5 nitrogen and oxygen atoms in total. The minimum Gasteiger partial charge on any atom is -0.492 e. The van der Waals surface area contributed by atoms with Gasteiger partial charge in [0.25, 0.3) is 0 Å². The van der Waals surface area contributed by atoms with Crippen molar-refractivity contribution in [3.63, 3.8) is 0 Å². The van der Waals surface area contributed by atoms with Crippen LogP contribution in [0.1, 0.15) is 17.0 Å². The lowest BCUT2D eigenvalue weighted by molar-refractivity contribution is -0.138. The molecule has 1 aromatic carbocycles. The van der Waals surface area contributed by atoms with Gasteiger partial charge in [-0.2, -0.15) is 0 Å². The number of hydrogen-bond acceptors (Lipinski definition) is 4. The molecule has 0 saturated heterocycles. The number of carboxylic acid groups (broad SMARTS) is 1. The Balaban J connectivity index is 3.55. The van der Waals surface area contributed by atoms with E-state index in [1.165, 1.54) is 14.2 Å². The van der Waals surface area contributed by atoms with Crippen LogP contribution in [-0.2, 0) is 4.79 Å². The number of aryl methyl sites for hydroxylation is 1. The molecule has 0 heterocycles. The highest BCUT2D eigenvalue weighted by atomic mass is 35.5. The first-order valence-corrected chi connectivity index (χ1v) is 5.69. The molecule has 0 radical (unpaired) electrons. The summed E-state index contributed by atoms with van der Waals surface area (Å²) in [5.41, 5.74) is 6.72. The number of carboxylic acids is 1. The number of benzene rings is 1. The summed E-state index contributed by atoms with van der Waals surface area (Å²) in [5, 5.41) is 9.57. The maximum atomic E-state index is 11.2. The highest BCUT2D eigenvalue weighted by Gasteiger charge is 2.27. The van der Waals surface area contributed by atoms with Gasteiger partial charge in [-0.25, -0.2) is 0 Å². The molecule has 6 heteroatoms. The van der Waals surface area contributed by atoms with Crippen molar-refractivity contribution in [2.75, 3.05) is 20.8 Å². The fourth-order valence-electron chi connectivity index (χ4n) is 1.91. The number of ether oxygens (including phenoxy) is 2. The summed E-state index contributed by atoms with van der Waals surface area (Å²) >= 11 is 6.03. The second-order valence-electron chi connectivity index (χ2n) is 3.78. The minimum atomic E-state index is -1.01. The van der Waals surface area contributed by atoms with Gasteiger partial charge in [0, 0.05) is 12.1 Å². The number of aliphatic carboxylic acids is 1. The lowest BCUT2D eigenvalue weighted by Gasteiger charge is -2.20. The van der Waals surface area contributed by atoms with Crippen LogP contribution >= 0.6 is 11.6 Å². The van der Waals surface area contributed by atoms with E-state index in [2.05, 4.69) is 0 Å². The lowest BCUT2D eigenvalue weighted by atomic mass is 9.93. The van der Waals surface area contributed by atoms with E-state index in [0.29, 0.717) is 27.6 Å². The second kappa shape index (κ2) is 5.93. The van der Waals surface area contributed by atoms with Crippen LogP contribution in [0, 0.1) is 6.92 Å². The first kappa shape index (κ1) is 14.6. The highest BCUT2D eigenvalue weighted by molar-refractivity contribution is 6.32. The number of halogens is 1. The average molecular weight is 274 g/mol. The van der Waals surface area contributed by atoms with E-state index in [1.807, 2.05) is 0 Å². The number of nitrogens with two attached hydrogens (primary N) is 1. The summed E-state index contributed by atoms with van der Waals surface area (Å²) in [4.78, 5) is 11.2. The molecular weight excluding hydrogens is 258 g/mol. The van der Waals surface area contributed by atoms with E-state index in [9.17, 15) is 9.90 Å². The first-order valence-electron chi connectivity index (χ1n) is 5.31. The van der Waals surface area contributed by atoms with Crippen molar-refractivity contribution in [2.45, 2.75) is 12.8 Å². The summed E-state index contributed by atoms with van der Waals surface area (Å²) in [6.07, 6.45) is 0. The zero-order chi connectivity index (χ0) is 13.9. The van der Waals surface area contributed by atoms with Gasteiger partial charge >= 0.3 is 5.97 Å². The van der Waals surface area contributed by atoms with Gasteiger partial charge in [0.15, 0.2) is 11.5 Å². The van der Waals surface area contributed by atoms with E-state index >= 15 is 0 Å². The predicted octanol–water partition coefficient (Wildman–Crippen LogP) is 1.79. The average Bonchev–Trinajstić information content (AvgIpc) is 2.31. The van der Waals surface area contributed by atoms with Crippen LogP contribution in [0.25, 0.3) is 0 Å². The quantitative estimate of drug-likeness (QED) is 0.855. The van der Waals surface area contributed by atoms with Crippen LogP contribution in [0.2, 0.25) is 5.02 Å². The fraction of sp³-hybridized carbons (Fsp3) is 0.417. The van der Waals surface area contributed by atoms with E-state index < -0.39 is 11.9 Å². The number of carbonyl (C=O) groups is 1. The monoisotopic (exact) mass is 273 g/mol. The molecule has 18 heavy (non-hydrogen) atoms. The summed E-state index contributed by atoms with van der Waals surface area (Å²) in [5.74, 6) is -1.23. The predicted molar refractivity (Wildman–Crippen MR) is 68.7 cm³/mol. The Morgan fingerprint density at radius 3 is 2.39 bits per heavy atom. The molecular formula is C12H16ClNO4. The Bertz CT molecular complexity index is 462. The van der Waals surface area contributed by atoms with Gasteiger partial charge in [-0.05, 0) is 18.6 Å². The molecule has 0 fully saturated rings. The molecule has 1 aromatic rings. The van der Waals surface area contributed by atoms with Gasteiger partial charge in [0.2, 0.25) is 0 Å². The second-order valence-corrected chi connectivity index (χ2v) is 4.19. The Hall–Kier alpha value is -1.46. The maximum Gasteiger partial charge on any atom is 0.312 e. The zero-order valence-corrected chi connectivity index (χ0v) is 11.2. The molecule has 0 aliphatic heterocycles. The summed E-state index contributed by atoms with van der Waals surface area (Å²) in [6.45, 7) is 1.73. The van der Waals surface area contributed by atoms with Gasteiger partial charge in [-0.15, -0.1) is 0 Å². The SMILES string of the molecule is COc1c(Cl)cc(C)c(C(CN)C(=O)O)c1OC. The molecule has 0 aromatic heterocycles. The molecule has 1 rings (SSSR count). The van der Waals surface area contributed by atoms with Crippen LogP contribution in [0.15, 0.2) is 6.07 Å². The van der Waals surface area contributed by atoms with Gasteiger partial charge < -0.3 is 20.3 Å². The van der Waals surface area contributed by atoms with Crippen molar-refractivity contribution >= 4 is 17.6 Å². The van der Waals surface area contributed by atoms with Gasteiger partial charge in [-0.3, -0.25) is 4.79 Å². The Kier molecular flexibility index (Phi) is 4.81. The number of methoxy groups -OCH3 is 2. The van der Waals surface area contributed by atoms with Crippen molar-refractivity contribution in [2.24, 2.45) is 5.73 Å². The normalized spacial score (nSPS) is 12.1. The van der Waals surface area contributed by atoms with Crippen LogP contribution in [0.5, 0.6) is 11.5 Å². The third-order valence-electron chi connectivity index (χ3n) is 2.73. The standard InChI is InChI=1S/C12H16ClNO4/c1-6-4-8(13)10(17-2)11(18-3)9(6)7(5-14)12(15)16/h4,7H,5,14H2,1-3H3,(H,15,16). The van der Waals surface area contributed by atoms with Crippen LogP contribution in [-0.4, -0.2) is 31.8 Å². The first-order chi connectivity index (χ1) is 8.47. The lowest BCUT2D eigenvalue weighted by Crippen LogP contribution is -2.23. The molecule has 0 aliphatic carbocycles. The zero-order valence-electron chi connectivity index (χ0n) is 10.5. The molecule has 3 N–H and O–H groups in total. The number of rotatable bonds is 5. The van der Waals surface area contributed by atoms with Gasteiger partial charge in [0.1, 0.15) is 0 Å². The van der Waals surface area contributed by atoms with Crippen LogP contribution in [0.4, 0.5) is 0 Å². The molecule has 1 unspecified atom stereocenters. The third-order valence-corrected chi connectivity index (χ3v) is 3.01. The van der Waals surface area contributed by atoms with Crippen molar-refractivity contribution in [3.8, 4) is 11.5 Å². The molecule has 0 aliphatic rings. The Morgan fingerprint density at radius 1 is 1.44 bits per heavy atom. The van der Waals surface area contributed by atoms with Crippen molar-refractivity contribution in [1.82, 2.24) is 0 Å². The third kappa shape index (κ3) is 2.52. The molecule has 0 saturated carbocycles. The van der Waals surface area contributed by atoms with Gasteiger partial charge in [-0.1, -0.05) is 11.6 Å². The van der Waals surface area contributed by atoms with Crippen molar-refractivity contribution < 1.29 is 19.4 Å². The van der Waals surface area contributed by atoms with E-state index in [0.717, 1.165) is 0 Å². The molecule has 0 amide bonds. The molecule has 0 bridgehead atoms. The Morgan fingerprint density at radius 2 is 2.00 bits per heavy atom. The van der Waals surface area contributed by atoms with E-state index in [-0.39, 0.29) is 6.54 Å². The van der Waals surface area contributed by atoms with Crippen molar-refractivity contribution in [3.05, 3.63) is 22.2 Å². The van der Waals surface area contributed by atoms with Crippen molar-refractivity contribution in [1.29, 1.82) is 0 Å². The smallest absolute Gasteiger partial charge is 0.312 e. The highest BCUT2D eigenvalue weighted by Crippen LogP contribution is 2.42. The topological polar surface area (TPSA) is 81.8 Å². The van der Waals surface area contributed by atoms with E-state index in [4.69, 9.17) is 26.8 Å². The maximum absolute atomic E-state index is 11.2. The minimum absolute atomic E-state index is 0.0304. The van der Waals surface area contributed by atoms with E-state index in [1.54, 1.807) is 13.0 Å². The fourth-order valence-corrected chi connectivity index (χ4v) is 2.24. The molecule has 0 spiro atoms. The molecule has 100 valence electrons. The summed E-state index contributed by atoms with van der Waals surface area (Å²) < 4.78 is 10.4. The van der Waals surface area contributed by atoms with Crippen LogP contribution in [0.3, 0.4) is 0 Å². The largest absolute Gasteiger partial charge is 0.492 e. The Labute approximate surface area is 110 Å². The van der Waals surface area contributed by atoms with Crippen LogP contribution < -0.4 is 15.2 Å². The molecule has 1 atom stereocenters. The number of hydrogen-bond donors (Lipinski definition) is 2. The summed E-state index contributed by atoms with van der Waals surface area (Å²) in [6, 6.07) is 1.64. The summed E-state index contributed by atoms with van der Waals surface area (Å²) in [7, 11) is 2.88.